The first-order chi connectivity index (χ1) is 10.1. The zero-order chi connectivity index (χ0) is 14.8. The van der Waals surface area contributed by atoms with Crippen molar-refractivity contribution in [2.24, 2.45) is 0 Å². The molecule has 1 fully saturated rings. The Kier molecular flexibility index (Phi) is 3.84. The first-order valence-corrected chi connectivity index (χ1v) is 6.86. The third kappa shape index (κ3) is 2.88. The SMILES string of the molecule is Fc1cc(-c2c(F)cccc2F)cc(N2CCNCC2)c1. The zero-order valence-electron chi connectivity index (χ0n) is 11.4. The number of nitrogens with zero attached hydrogens (tertiary/aromatic N) is 1. The summed E-state index contributed by atoms with van der Waals surface area (Å²) in [6.45, 7) is 3.09. The van der Waals surface area contributed by atoms with Crippen molar-refractivity contribution in [1.82, 2.24) is 5.32 Å². The average Bonchev–Trinajstić information content (AvgIpc) is 2.47. The second kappa shape index (κ2) is 5.77. The molecule has 0 radical (unpaired) electrons. The van der Waals surface area contributed by atoms with Gasteiger partial charge in [-0.3, -0.25) is 0 Å². The van der Waals surface area contributed by atoms with Crippen LogP contribution in [0.1, 0.15) is 0 Å². The topological polar surface area (TPSA) is 15.3 Å². The number of halogens is 3. The van der Waals surface area contributed by atoms with Crippen molar-refractivity contribution in [3.63, 3.8) is 0 Å². The Hall–Kier alpha value is -2.01. The van der Waals surface area contributed by atoms with Gasteiger partial charge in [0.25, 0.3) is 0 Å². The second-order valence-electron chi connectivity index (χ2n) is 5.03. The smallest absolute Gasteiger partial charge is 0.133 e. The van der Waals surface area contributed by atoms with Gasteiger partial charge in [-0.25, -0.2) is 13.2 Å². The van der Waals surface area contributed by atoms with Crippen LogP contribution in [0.15, 0.2) is 36.4 Å². The van der Waals surface area contributed by atoms with E-state index in [9.17, 15) is 13.2 Å². The highest BCUT2D eigenvalue weighted by molar-refractivity contribution is 5.70. The minimum Gasteiger partial charge on any atom is -0.369 e. The van der Waals surface area contributed by atoms with Crippen molar-refractivity contribution in [2.75, 3.05) is 31.1 Å². The highest BCUT2D eigenvalue weighted by Gasteiger charge is 2.16. The molecule has 0 bridgehead atoms. The van der Waals surface area contributed by atoms with Crippen LogP contribution in [0.2, 0.25) is 0 Å². The van der Waals surface area contributed by atoms with Crippen LogP contribution in [0.25, 0.3) is 11.1 Å². The van der Waals surface area contributed by atoms with E-state index in [1.165, 1.54) is 24.3 Å². The first-order valence-electron chi connectivity index (χ1n) is 6.86. The van der Waals surface area contributed by atoms with Crippen LogP contribution in [0.3, 0.4) is 0 Å². The lowest BCUT2D eigenvalue weighted by molar-refractivity contribution is 0.582. The largest absolute Gasteiger partial charge is 0.369 e. The quantitative estimate of drug-likeness (QED) is 0.914. The van der Waals surface area contributed by atoms with E-state index < -0.39 is 17.5 Å². The van der Waals surface area contributed by atoms with Crippen molar-refractivity contribution in [2.45, 2.75) is 0 Å². The molecular formula is C16H15F3N2. The van der Waals surface area contributed by atoms with Crippen molar-refractivity contribution in [1.29, 1.82) is 0 Å². The fourth-order valence-electron chi connectivity index (χ4n) is 2.60. The summed E-state index contributed by atoms with van der Waals surface area (Å²) in [4.78, 5) is 2.00. The fraction of sp³-hybridized carbons (Fsp3) is 0.250. The third-order valence-corrected chi connectivity index (χ3v) is 3.62. The average molecular weight is 292 g/mol. The number of anilines is 1. The highest BCUT2D eigenvalue weighted by atomic mass is 19.1. The summed E-state index contributed by atoms with van der Waals surface area (Å²) in [5.41, 5.74) is 0.682. The Morgan fingerprint density at radius 3 is 2.24 bits per heavy atom. The molecule has 2 aromatic carbocycles. The Balaban J connectivity index is 2.05. The summed E-state index contributed by atoms with van der Waals surface area (Å²) in [5.74, 6) is -1.87. The molecule has 0 saturated carbocycles. The van der Waals surface area contributed by atoms with Crippen LogP contribution in [-0.4, -0.2) is 26.2 Å². The summed E-state index contributed by atoms with van der Waals surface area (Å²) in [6.07, 6.45) is 0. The molecule has 1 N–H and O–H groups in total. The molecular weight excluding hydrogens is 277 g/mol. The van der Waals surface area contributed by atoms with E-state index in [0.717, 1.165) is 32.2 Å². The van der Waals surface area contributed by atoms with Gasteiger partial charge in [-0.05, 0) is 35.9 Å². The Labute approximate surface area is 121 Å². The third-order valence-electron chi connectivity index (χ3n) is 3.62. The van der Waals surface area contributed by atoms with Gasteiger partial charge in [0.2, 0.25) is 0 Å². The van der Waals surface area contributed by atoms with E-state index >= 15 is 0 Å². The number of piperazine rings is 1. The first kappa shape index (κ1) is 13.9. The van der Waals surface area contributed by atoms with Gasteiger partial charge in [0.1, 0.15) is 17.5 Å². The number of hydrogen-bond acceptors (Lipinski definition) is 2. The molecule has 1 heterocycles. The summed E-state index contributed by atoms with van der Waals surface area (Å²) in [5, 5.41) is 3.21. The van der Waals surface area contributed by atoms with Crippen LogP contribution in [0.5, 0.6) is 0 Å². The monoisotopic (exact) mass is 292 g/mol. The van der Waals surface area contributed by atoms with Crippen molar-refractivity contribution in [3.05, 3.63) is 53.8 Å². The summed E-state index contributed by atoms with van der Waals surface area (Å²) < 4.78 is 41.6. The van der Waals surface area contributed by atoms with E-state index in [2.05, 4.69) is 5.32 Å². The Bertz CT molecular complexity index is 632. The molecule has 1 saturated heterocycles. The number of rotatable bonds is 2. The van der Waals surface area contributed by atoms with Gasteiger partial charge < -0.3 is 10.2 Å². The highest BCUT2D eigenvalue weighted by Crippen LogP contribution is 2.30. The lowest BCUT2D eigenvalue weighted by Crippen LogP contribution is -2.43. The number of hydrogen-bond donors (Lipinski definition) is 1. The van der Waals surface area contributed by atoms with Gasteiger partial charge >= 0.3 is 0 Å². The van der Waals surface area contributed by atoms with E-state index in [-0.39, 0.29) is 11.1 Å². The number of benzene rings is 2. The molecule has 0 unspecified atom stereocenters. The zero-order valence-corrected chi connectivity index (χ0v) is 11.4. The van der Waals surface area contributed by atoms with Crippen molar-refractivity contribution in [3.8, 4) is 11.1 Å². The number of nitrogens with one attached hydrogen (secondary N) is 1. The van der Waals surface area contributed by atoms with Crippen molar-refractivity contribution < 1.29 is 13.2 Å². The maximum absolute atomic E-state index is 13.9. The van der Waals surface area contributed by atoms with Crippen LogP contribution in [0.4, 0.5) is 18.9 Å². The second-order valence-corrected chi connectivity index (χ2v) is 5.03. The Morgan fingerprint density at radius 1 is 0.905 bits per heavy atom. The maximum Gasteiger partial charge on any atom is 0.133 e. The van der Waals surface area contributed by atoms with Crippen molar-refractivity contribution >= 4 is 5.69 Å². The van der Waals surface area contributed by atoms with E-state index in [0.29, 0.717) is 5.69 Å². The van der Waals surface area contributed by atoms with Crippen LogP contribution >= 0.6 is 0 Å². The molecule has 5 heteroatoms. The van der Waals surface area contributed by atoms with Crippen LogP contribution in [-0.2, 0) is 0 Å². The van der Waals surface area contributed by atoms with Gasteiger partial charge in [-0.15, -0.1) is 0 Å². The molecule has 0 aliphatic carbocycles. The molecule has 2 nitrogen and oxygen atoms in total. The van der Waals surface area contributed by atoms with Gasteiger partial charge in [0, 0.05) is 31.9 Å². The Morgan fingerprint density at radius 2 is 1.57 bits per heavy atom. The summed E-state index contributed by atoms with van der Waals surface area (Å²) >= 11 is 0. The van der Waals surface area contributed by atoms with Gasteiger partial charge in [-0.2, -0.15) is 0 Å². The molecule has 0 atom stereocenters. The maximum atomic E-state index is 13.9. The lowest BCUT2D eigenvalue weighted by Gasteiger charge is -2.29. The molecule has 110 valence electrons. The lowest BCUT2D eigenvalue weighted by atomic mass is 10.0. The molecule has 0 aromatic heterocycles. The molecule has 2 aromatic rings. The van der Waals surface area contributed by atoms with Crippen LogP contribution < -0.4 is 10.2 Å². The predicted octanol–water partition coefficient (Wildman–Crippen LogP) is 3.18. The molecule has 1 aliphatic heterocycles. The van der Waals surface area contributed by atoms with Crippen LogP contribution in [0, 0.1) is 17.5 Å². The van der Waals surface area contributed by atoms with Gasteiger partial charge in [0.15, 0.2) is 0 Å². The fourth-order valence-corrected chi connectivity index (χ4v) is 2.60. The minimum atomic E-state index is -0.688. The van der Waals surface area contributed by atoms with Gasteiger partial charge in [-0.1, -0.05) is 6.07 Å². The molecule has 21 heavy (non-hydrogen) atoms. The standard InChI is InChI=1S/C16H15F3N2/c17-12-8-11(16-14(18)2-1-3-15(16)19)9-13(10-12)21-6-4-20-5-7-21/h1-3,8-10,20H,4-7H2. The predicted molar refractivity (Wildman–Crippen MR) is 76.8 cm³/mol. The van der Waals surface area contributed by atoms with E-state index in [1.54, 1.807) is 6.07 Å². The van der Waals surface area contributed by atoms with Gasteiger partial charge in [0.05, 0.1) is 5.56 Å². The molecule has 0 spiro atoms. The summed E-state index contributed by atoms with van der Waals surface area (Å²) in [6, 6.07) is 7.84. The minimum absolute atomic E-state index is 0.187. The molecule has 0 amide bonds. The molecule has 1 aliphatic rings. The van der Waals surface area contributed by atoms with E-state index in [4.69, 9.17) is 0 Å². The summed E-state index contributed by atoms with van der Waals surface area (Å²) in [7, 11) is 0. The molecule has 3 rings (SSSR count). The van der Waals surface area contributed by atoms with E-state index in [1.807, 2.05) is 4.90 Å². The normalized spacial score (nSPS) is 15.3.